The van der Waals surface area contributed by atoms with Crippen molar-refractivity contribution in [3.63, 3.8) is 0 Å². The average Bonchev–Trinajstić information content (AvgIpc) is 2.52. The Hall–Kier alpha value is -2.28. The minimum absolute atomic E-state index is 0.0333. The molecule has 7 heteroatoms. The van der Waals surface area contributed by atoms with E-state index < -0.39 is 0 Å². The number of carbonyl (C=O) groups excluding carboxylic acids is 1. The molecule has 0 spiro atoms. The van der Waals surface area contributed by atoms with E-state index in [-0.39, 0.29) is 11.2 Å². The summed E-state index contributed by atoms with van der Waals surface area (Å²) in [4.78, 5) is 22.7. The molecule has 1 atom stereocenters. The summed E-state index contributed by atoms with van der Waals surface area (Å²) in [6.07, 6.45) is 0. The number of hydrogen-bond donors (Lipinski definition) is 2. The van der Waals surface area contributed by atoms with Crippen molar-refractivity contribution in [1.82, 2.24) is 14.9 Å². The largest absolute Gasteiger partial charge is 0.383 e. The summed E-state index contributed by atoms with van der Waals surface area (Å²) >= 11 is 1.26. The lowest BCUT2D eigenvalue weighted by Gasteiger charge is -2.24. The van der Waals surface area contributed by atoms with Crippen LogP contribution in [0.15, 0.2) is 41.6 Å². The molecule has 0 aliphatic carbocycles. The Balaban J connectivity index is 2.04. The van der Waals surface area contributed by atoms with Crippen molar-refractivity contribution in [1.29, 1.82) is 0 Å². The molecule has 23 heavy (non-hydrogen) atoms. The number of nitrogens with zero attached hydrogens (tertiary/aromatic N) is 3. The molecule has 0 aliphatic heterocycles. The zero-order valence-electron chi connectivity index (χ0n) is 13.3. The fourth-order valence-corrected chi connectivity index (χ4v) is 3.01. The van der Waals surface area contributed by atoms with Crippen LogP contribution in [0.2, 0.25) is 0 Å². The first-order chi connectivity index (χ1) is 11.0. The zero-order chi connectivity index (χ0) is 16.8. The third kappa shape index (κ3) is 4.85. The summed E-state index contributed by atoms with van der Waals surface area (Å²) in [5.41, 5.74) is 12.4. The average molecular weight is 331 g/mol. The van der Waals surface area contributed by atoms with E-state index in [1.54, 1.807) is 0 Å². The maximum atomic E-state index is 12.6. The van der Waals surface area contributed by atoms with Gasteiger partial charge in [-0.1, -0.05) is 42.1 Å². The number of aromatic nitrogens is 2. The van der Waals surface area contributed by atoms with E-state index in [0.717, 1.165) is 5.56 Å². The predicted molar refractivity (Wildman–Crippen MR) is 93.7 cm³/mol. The van der Waals surface area contributed by atoms with E-state index in [1.807, 2.05) is 49.1 Å². The van der Waals surface area contributed by atoms with Crippen LogP contribution in [0.4, 0.5) is 11.6 Å². The molecule has 1 heterocycles. The zero-order valence-corrected chi connectivity index (χ0v) is 14.1. The van der Waals surface area contributed by atoms with Crippen molar-refractivity contribution in [2.75, 3.05) is 18.0 Å². The highest BCUT2D eigenvalue weighted by Crippen LogP contribution is 2.23. The molecule has 0 radical (unpaired) electrons. The Morgan fingerprint density at radius 3 is 2.39 bits per heavy atom. The SMILES string of the molecule is CCN(Cc1ccccc1)C(=O)C(C)Sc1nc(N)cc(N)n1. The summed E-state index contributed by atoms with van der Waals surface area (Å²) in [6.45, 7) is 5.02. The van der Waals surface area contributed by atoms with Crippen LogP contribution < -0.4 is 11.5 Å². The summed E-state index contributed by atoms with van der Waals surface area (Å²) < 4.78 is 0. The molecule has 1 unspecified atom stereocenters. The van der Waals surface area contributed by atoms with Crippen LogP contribution in [0.25, 0.3) is 0 Å². The number of amides is 1. The fourth-order valence-electron chi connectivity index (χ4n) is 2.13. The first-order valence-electron chi connectivity index (χ1n) is 7.39. The molecular weight excluding hydrogens is 310 g/mol. The lowest BCUT2D eigenvalue weighted by atomic mass is 10.2. The van der Waals surface area contributed by atoms with E-state index in [4.69, 9.17) is 11.5 Å². The standard InChI is InChI=1S/C16H21N5OS/c1-3-21(10-12-7-5-4-6-8-12)15(22)11(2)23-16-19-13(17)9-14(18)20-16/h4-9,11H,3,10H2,1-2H3,(H4,17,18,19,20). The van der Waals surface area contributed by atoms with E-state index in [9.17, 15) is 4.79 Å². The second kappa shape index (κ2) is 7.82. The van der Waals surface area contributed by atoms with Crippen LogP contribution in [0.5, 0.6) is 0 Å². The third-order valence-corrected chi connectivity index (χ3v) is 4.23. The van der Waals surface area contributed by atoms with Crippen LogP contribution in [-0.2, 0) is 11.3 Å². The van der Waals surface area contributed by atoms with Gasteiger partial charge in [0, 0.05) is 19.2 Å². The van der Waals surface area contributed by atoms with Gasteiger partial charge in [0.25, 0.3) is 0 Å². The molecule has 1 aromatic heterocycles. The Morgan fingerprint density at radius 1 is 1.22 bits per heavy atom. The van der Waals surface area contributed by atoms with Crippen LogP contribution in [0, 0.1) is 0 Å². The minimum atomic E-state index is -0.320. The summed E-state index contributed by atoms with van der Waals surface area (Å²) in [6, 6.07) is 11.4. The van der Waals surface area contributed by atoms with Crippen molar-refractivity contribution in [3.8, 4) is 0 Å². The van der Waals surface area contributed by atoms with Crippen LogP contribution in [0.1, 0.15) is 19.4 Å². The third-order valence-electron chi connectivity index (χ3n) is 3.28. The number of benzene rings is 1. The van der Waals surface area contributed by atoms with Crippen molar-refractivity contribution in [3.05, 3.63) is 42.0 Å². The quantitative estimate of drug-likeness (QED) is 0.622. The van der Waals surface area contributed by atoms with Crippen molar-refractivity contribution >= 4 is 29.3 Å². The van der Waals surface area contributed by atoms with Gasteiger partial charge < -0.3 is 16.4 Å². The molecule has 0 bridgehead atoms. The molecule has 4 N–H and O–H groups in total. The highest BCUT2D eigenvalue weighted by Gasteiger charge is 2.22. The number of rotatable bonds is 6. The highest BCUT2D eigenvalue weighted by molar-refractivity contribution is 8.00. The van der Waals surface area contributed by atoms with Gasteiger partial charge in [0.2, 0.25) is 5.91 Å². The van der Waals surface area contributed by atoms with Gasteiger partial charge in [-0.05, 0) is 19.4 Å². The van der Waals surface area contributed by atoms with Gasteiger partial charge in [-0.2, -0.15) is 0 Å². The molecule has 122 valence electrons. The second-order valence-corrected chi connectivity index (χ2v) is 6.41. The number of carbonyl (C=O) groups is 1. The highest BCUT2D eigenvalue weighted by atomic mass is 32.2. The van der Waals surface area contributed by atoms with Crippen molar-refractivity contribution < 1.29 is 4.79 Å². The van der Waals surface area contributed by atoms with Crippen LogP contribution in [-0.4, -0.2) is 32.6 Å². The Labute approximate surface area is 140 Å². The smallest absolute Gasteiger partial charge is 0.236 e. The second-order valence-electron chi connectivity index (χ2n) is 5.10. The summed E-state index contributed by atoms with van der Waals surface area (Å²) in [5.74, 6) is 0.638. The number of nitrogens with two attached hydrogens (primary N) is 2. The predicted octanol–water partition coefficient (Wildman–Crippen LogP) is 2.17. The number of anilines is 2. The first-order valence-corrected chi connectivity index (χ1v) is 8.27. The van der Waals surface area contributed by atoms with Crippen molar-refractivity contribution in [2.24, 2.45) is 0 Å². The van der Waals surface area contributed by atoms with E-state index in [1.165, 1.54) is 17.8 Å². The molecule has 0 aliphatic rings. The van der Waals surface area contributed by atoms with E-state index >= 15 is 0 Å². The van der Waals surface area contributed by atoms with Gasteiger partial charge in [-0.15, -0.1) is 0 Å². The molecular formula is C16H21N5OS. The van der Waals surface area contributed by atoms with Gasteiger partial charge in [-0.25, -0.2) is 9.97 Å². The molecule has 0 saturated heterocycles. The molecule has 0 fully saturated rings. The topological polar surface area (TPSA) is 98.1 Å². The molecule has 1 amide bonds. The van der Waals surface area contributed by atoms with Gasteiger partial charge in [0.15, 0.2) is 5.16 Å². The Kier molecular flexibility index (Phi) is 5.81. The van der Waals surface area contributed by atoms with E-state index in [2.05, 4.69) is 9.97 Å². The van der Waals surface area contributed by atoms with Gasteiger partial charge >= 0.3 is 0 Å². The van der Waals surface area contributed by atoms with E-state index in [0.29, 0.717) is 29.9 Å². The van der Waals surface area contributed by atoms with Crippen LogP contribution in [0.3, 0.4) is 0 Å². The van der Waals surface area contributed by atoms with Crippen molar-refractivity contribution in [2.45, 2.75) is 30.8 Å². The summed E-state index contributed by atoms with van der Waals surface area (Å²) in [5, 5.41) is 0.0963. The Morgan fingerprint density at radius 2 is 1.83 bits per heavy atom. The minimum Gasteiger partial charge on any atom is -0.383 e. The molecule has 1 aromatic carbocycles. The number of nitrogen functional groups attached to an aromatic ring is 2. The lowest BCUT2D eigenvalue weighted by Crippen LogP contribution is -2.36. The lowest BCUT2D eigenvalue weighted by molar-refractivity contribution is -0.130. The molecule has 2 aromatic rings. The van der Waals surface area contributed by atoms with Gasteiger partial charge in [0.1, 0.15) is 11.6 Å². The monoisotopic (exact) mass is 331 g/mol. The number of thioether (sulfide) groups is 1. The maximum absolute atomic E-state index is 12.6. The van der Waals surface area contributed by atoms with Gasteiger partial charge in [-0.3, -0.25) is 4.79 Å². The molecule has 2 rings (SSSR count). The van der Waals surface area contributed by atoms with Gasteiger partial charge in [0.05, 0.1) is 5.25 Å². The fraction of sp³-hybridized carbons (Fsp3) is 0.312. The Bertz CT molecular complexity index is 645. The molecule has 6 nitrogen and oxygen atoms in total. The van der Waals surface area contributed by atoms with Crippen LogP contribution >= 0.6 is 11.8 Å². The first kappa shape index (κ1) is 17.1. The maximum Gasteiger partial charge on any atom is 0.236 e. The summed E-state index contributed by atoms with van der Waals surface area (Å²) in [7, 11) is 0. The normalized spacial score (nSPS) is 11.9. The number of hydrogen-bond acceptors (Lipinski definition) is 6. The molecule has 0 saturated carbocycles.